The lowest BCUT2D eigenvalue weighted by atomic mass is 10.2. The van der Waals surface area contributed by atoms with Crippen LogP contribution in [0, 0.1) is 0 Å². The smallest absolute Gasteiger partial charge is 0.294 e. The molecule has 3 aromatic carbocycles. The summed E-state index contributed by atoms with van der Waals surface area (Å²) in [7, 11) is 0. The number of aromatic nitrogens is 1. The fraction of sp³-hybridized carbons (Fsp3) is 0.0435. The van der Waals surface area contributed by atoms with E-state index in [9.17, 15) is 4.79 Å². The molecule has 1 aromatic heterocycles. The minimum atomic E-state index is -0.393. The van der Waals surface area contributed by atoms with Gasteiger partial charge < -0.3 is 19.9 Å². The number of anilines is 3. The molecule has 4 rings (SSSR count). The molecule has 0 saturated carbocycles. The Labute approximate surface area is 168 Å². The minimum absolute atomic E-state index is 0.0829. The molecule has 0 aliphatic carbocycles. The van der Waals surface area contributed by atoms with E-state index in [1.165, 1.54) is 6.07 Å². The fourth-order valence-electron chi connectivity index (χ4n) is 2.68. The molecular formula is C23H19N3O3. The molecule has 0 radical (unpaired) electrons. The van der Waals surface area contributed by atoms with Crippen LogP contribution in [0.15, 0.2) is 95.5 Å². The number of rotatable bonds is 7. The van der Waals surface area contributed by atoms with Crippen LogP contribution in [0.25, 0.3) is 0 Å². The number of nitrogens with zero attached hydrogens (tertiary/aromatic N) is 1. The van der Waals surface area contributed by atoms with Crippen molar-refractivity contribution in [3.8, 4) is 5.88 Å². The Kier molecular flexibility index (Phi) is 5.53. The molecular weight excluding hydrogens is 366 g/mol. The Hall–Kier alpha value is -4.06. The summed E-state index contributed by atoms with van der Waals surface area (Å²) in [6.07, 6.45) is 0. The zero-order valence-corrected chi connectivity index (χ0v) is 15.5. The van der Waals surface area contributed by atoms with Crippen LogP contribution in [-0.4, -0.2) is 11.1 Å². The Morgan fingerprint density at radius 2 is 1.45 bits per heavy atom. The molecule has 29 heavy (non-hydrogen) atoms. The van der Waals surface area contributed by atoms with Crippen molar-refractivity contribution in [2.24, 2.45) is 0 Å². The van der Waals surface area contributed by atoms with Crippen molar-refractivity contribution in [1.82, 2.24) is 5.16 Å². The molecule has 0 bridgehead atoms. The van der Waals surface area contributed by atoms with E-state index < -0.39 is 5.91 Å². The summed E-state index contributed by atoms with van der Waals surface area (Å²) >= 11 is 0. The first-order chi connectivity index (χ1) is 14.3. The van der Waals surface area contributed by atoms with Gasteiger partial charge in [-0.3, -0.25) is 4.79 Å². The van der Waals surface area contributed by atoms with Gasteiger partial charge >= 0.3 is 0 Å². The number of hydrogen-bond donors (Lipinski definition) is 2. The maximum Gasteiger partial charge on any atom is 0.294 e. The van der Waals surface area contributed by atoms with Crippen LogP contribution in [0.3, 0.4) is 0 Å². The monoisotopic (exact) mass is 385 g/mol. The van der Waals surface area contributed by atoms with Gasteiger partial charge in [-0.25, -0.2) is 0 Å². The van der Waals surface area contributed by atoms with Gasteiger partial charge in [0.25, 0.3) is 11.8 Å². The average molecular weight is 385 g/mol. The van der Waals surface area contributed by atoms with Crippen molar-refractivity contribution in [1.29, 1.82) is 0 Å². The van der Waals surface area contributed by atoms with Crippen molar-refractivity contribution in [3.63, 3.8) is 0 Å². The van der Waals surface area contributed by atoms with Crippen molar-refractivity contribution in [3.05, 3.63) is 102 Å². The number of nitrogens with one attached hydrogen (secondary N) is 2. The van der Waals surface area contributed by atoms with Crippen molar-refractivity contribution >= 4 is 23.0 Å². The van der Waals surface area contributed by atoms with Gasteiger partial charge in [0.15, 0.2) is 0 Å². The zero-order chi connectivity index (χ0) is 19.9. The molecule has 0 saturated heterocycles. The number of para-hydroxylation sites is 1. The summed E-state index contributed by atoms with van der Waals surface area (Å²) in [5.74, 6) is -0.0446. The molecule has 1 heterocycles. The van der Waals surface area contributed by atoms with Crippen LogP contribution in [0.4, 0.5) is 17.1 Å². The Morgan fingerprint density at radius 3 is 2.17 bits per heavy atom. The van der Waals surface area contributed by atoms with Crippen LogP contribution >= 0.6 is 0 Å². The summed E-state index contributed by atoms with van der Waals surface area (Å²) in [5, 5.41) is 9.86. The van der Waals surface area contributed by atoms with E-state index in [1.54, 1.807) is 0 Å². The van der Waals surface area contributed by atoms with Crippen LogP contribution in [0.1, 0.15) is 16.1 Å². The average Bonchev–Trinajstić information content (AvgIpc) is 3.24. The summed E-state index contributed by atoms with van der Waals surface area (Å²) in [5.41, 5.74) is 3.57. The molecule has 1 amide bonds. The first-order valence-electron chi connectivity index (χ1n) is 9.13. The van der Waals surface area contributed by atoms with Crippen LogP contribution in [0.2, 0.25) is 0 Å². The minimum Gasteiger partial charge on any atom is -0.471 e. The van der Waals surface area contributed by atoms with E-state index in [4.69, 9.17) is 9.26 Å². The lowest BCUT2D eigenvalue weighted by Crippen LogP contribution is -2.10. The van der Waals surface area contributed by atoms with Gasteiger partial charge in [-0.05, 0) is 47.1 Å². The molecule has 2 N–H and O–H groups in total. The first kappa shape index (κ1) is 18.3. The molecule has 0 atom stereocenters. The number of carbonyl (C=O) groups excluding carboxylic acids is 1. The standard InChI is InChI=1S/C23H19N3O3/c27-23(21-15-22(26-29-21)28-16-17-7-3-1-4-8-17)25-20-13-11-19(12-14-20)24-18-9-5-2-6-10-18/h1-15,24H,16H2,(H,25,27). The second-order valence-corrected chi connectivity index (χ2v) is 6.33. The number of hydrogen-bond acceptors (Lipinski definition) is 5. The van der Waals surface area contributed by atoms with Gasteiger partial charge in [-0.15, -0.1) is 0 Å². The topological polar surface area (TPSA) is 76.4 Å². The van der Waals surface area contributed by atoms with E-state index in [2.05, 4.69) is 15.8 Å². The van der Waals surface area contributed by atoms with Crippen LogP contribution in [-0.2, 0) is 6.61 Å². The quantitative estimate of drug-likeness (QED) is 0.454. The molecule has 6 heteroatoms. The Balaban J connectivity index is 1.32. The maximum atomic E-state index is 12.4. The summed E-state index contributed by atoms with van der Waals surface area (Å²) in [6.45, 7) is 0.351. The lowest BCUT2D eigenvalue weighted by molar-refractivity contribution is 0.0987. The van der Waals surface area contributed by atoms with Gasteiger partial charge in [-0.1, -0.05) is 48.5 Å². The molecule has 0 unspecified atom stereocenters. The van der Waals surface area contributed by atoms with Crippen LogP contribution in [0.5, 0.6) is 5.88 Å². The molecule has 0 aliphatic rings. The highest BCUT2D eigenvalue weighted by Gasteiger charge is 2.14. The summed E-state index contributed by atoms with van der Waals surface area (Å²) in [4.78, 5) is 12.4. The second-order valence-electron chi connectivity index (χ2n) is 6.33. The number of benzene rings is 3. The molecule has 0 fully saturated rings. The lowest BCUT2D eigenvalue weighted by Gasteiger charge is -2.07. The third-order valence-electron chi connectivity index (χ3n) is 4.15. The SMILES string of the molecule is O=C(Nc1ccc(Nc2ccccc2)cc1)c1cc(OCc2ccccc2)no1. The molecule has 0 aliphatic heterocycles. The van der Waals surface area contributed by atoms with Crippen molar-refractivity contribution in [2.45, 2.75) is 6.61 Å². The highest BCUT2D eigenvalue weighted by Crippen LogP contribution is 2.20. The van der Waals surface area contributed by atoms with Crippen molar-refractivity contribution < 1.29 is 14.1 Å². The van der Waals surface area contributed by atoms with E-state index in [0.29, 0.717) is 12.3 Å². The molecule has 6 nitrogen and oxygen atoms in total. The number of ether oxygens (including phenoxy) is 1. The summed E-state index contributed by atoms with van der Waals surface area (Å²) in [6, 6.07) is 28.4. The fourth-order valence-corrected chi connectivity index (χ4v) is 2.68. The van der Waals surface area contributed by atoms with Crippen LogP contribution < -0.4 is 15.4 Å². The molecule has 4 aromatic rings. The predicted octanol–water partition coefficient (Wildman–Crippen LogP) is 5.25. The van der Waals surface area contributed by atoms with E-state index >= 15 is 0 Å². The van der Waals surface area contributed by atoms with Gasteiger partial charge in [0.1, 0.15) is 6.61 Å². The number of carbonyl (C=O) groups is 1. The van der Waals surface area contributed by atoms with E-state index in [0.717, 1.165) is 16.9 Å². The summed E-state index contributed by atoms with van der Waals surface area (Å²) < 4.78 is 10.6. The molecule has 0 spiro atoms. The van der Waals surface area contributed by atoms with E-state index in [-0.39, 0.29) is 11.6 Å². The highest BCUT2D eigenvalue weighted by molar-refractivity contribution is 6.02. The highest BCUT2D eigenvalue weighted by atomic mass is 16.5. The normalized spacial score (nSPS) is 10.3. The second kappa shape index (κ2) is 8.75. The predicted molar refractivity (Wildman–Crippen MR) is 111 cm³/mol. The van der Waals surface area contributed by atoms with Gasteiger partial charge in [0, 0.05) is 17.1 Å². The third-order valence-corrected chi connectivity index (χ3v) is 4.15. The number of amides is 1. The first-order valence-corrected chi connectivity index (χ1v) is 9.13. The van der Waals surface area contributed by atoms with Gasteiger partial charge in [-0.2, -0.15) is 0 Å². The largest absolute Gasteiger partial charge is 0.471 e. The van der Waals surface area contributed by atoms with Gasteiger partial charge in [0.05, 0.1) is 6.07 Å². The Morgan fingerprint density at radius 1 is 0.828 bits per heavy atom. The molecule has 144 valence electrons. The zero-order valence-electron chi connectivity index (χ0n) is 15.5. The maximum absolute atomic E-state index is 12.4. The van der Waals surface area contributed by atoms with E-state index in [1.807, 2.05) is 84.9 Å². The van der Waals surface area contributed by atoms with Gasteiger partial charge in [0.2, 0.25) is 5.76 Å². The Bertz CT molecular complexity index is 1060. The third kappa shape index (κ3) is 5.01. The van der Waals surface area contributed by atoms with Crippen molar-refractivity contribution in [2.75, 3.05) is 10.6 Å².